The van der Waals surface area contributed by atoms with Crippen molar-refractivity contribution in [1.82, 2.24) is 4.57 Å². The monoisotopic (exact) mass is 395 g/mol. The Bertz CT molecular complexity index is 673. The van der Waals surface area contributed by atoms with Crippen LogP contribution in [0.3, 0.4) is 0 Å². The van der Waals surface area contributed by atoms with Gasteiger partial charge in [-0.3, -0.25) is 0 Å². The Labute approximate surface area is 135 Å². The minimum atomic E-state index is 0.682. The predicted molar refractivity (Wildman–Crippen MR) is 88.8 cm³/mol. The standard InChI is InChI=1S/C15H15Br2N3/c1-9-4-13(16)15(14(17)5-9)19-8-11-6-12(7-18)20(3)10(11)2/h4-6,19H,8H2,1-3H3. The molecule has 0 aliphatic carbocycles. The van der Waals surface area contributed by atoms with Crippen molar-refractivity contribution in [2.24, 2.45) is 7.05 Å². The van der Waals surface area contributed by atoms with Crippen molar-refractivity contribution in [2.45, 2.75) is 20.4 Å². The van der Waals surface area contributed by atoms with Gasteiger partial charge in [0.25, 0.3) is 0 Å². The summed E-state index contributed by atoms with van der Waals surface area (Å²) in [6, 6.07) is 8.28. The van der Waals surface area contributed by atoms with Crippen LogP contribution in [0.4, 0.5) is 5.69 Å². The highest BCUT2D eigenvalue weighted by Crippen LogP contribution is 2.32. The minimum Gasteiger partial charge on any atom is -0.379 e. The highest BCUT2D eigenvalue weighted by atomic mass is 79.9. The van der Waals surface area contributed by atoms with E-state index in [-0.39, 0.29) is 0 Å². The number of rotatable bonds is 3. The lowest BCUT2D eigenvalue weighted by molar-refractivity contribution is 0.856. The summed E-state index contributed by atoms with van der Waals surface area (Å²) in [5.41, 5.74) is 5.13. The van der Waals surface area contributed by atoms with Gasteiger partial charge < -0.3 is 9.88 Å². The number of aromatic nitrogens is 1. The molecule has 1 aromatic heterocycles. The Kier molecular flexibility index (Phi) is 4.56. The van der Waals surface area contributed by atoms with Gasteiger partial charge in [-0.2, -0.15) is 5.26 Å². The molecule has 0 saturated heterocycles. The summed E-state index contributed by atoms with van der Waals surface area (Å²) in [4.78, 5) is 0. The van der Waals surface area contributed by atoms with Crippen LogP contribution in [-0.4, -0.2) is 4.57 Å². The molecule has 1 N–H and O–H groups in total. The first-order chi connectivity index (χ1) is 9.43. The van der Waals surface area contributed by atoms with Crippen molar-refractivity contribution in [3.05, 3.63) is 49.7 Å². The third-order valence-corrected chi connectivity index (χ3v) is 4.65. The molecule has 0 amide bonds. The first-order valence-electron chi connectivity index (χ1n) is 6.19. The molecule has 1 aromatic carbocycles. The van der Waals surface area contributed by atoms with Crippen LogP contribution in [0.2, 0.25) is 0 Å². The lowest BCUT2D eigenvalue weighted by Gasteiger charge is -2.12. The zero-order valence-electron chi connectivity index (χ0n) is 11.6. The number of nitrogens with one attached hydrogen (secondary N) is 1. The number of hydrogen-bond acceptors (Lipinski definition) is 2. The maximum absolute atomic E-state index is 9.05. The van der Waals surface area contributed by atoms with Gasteiger partial charge in [0, 0.05) is 28.2 Å². The van der Waals surface area contributed by atoms with Crippen LogP contribution in [0.5, 0.6) is 0 Å². The lowest BCUT2D eigenvalue weighted by Crippen LogP contribution is -2.03. The van der Waals surface area contributed by atoms with Crippen LogP contribution in [0.15, 0.2) is 27.1 Å². The molecule has 0 saturated carbocycles. The minimum absolute atomic E-state index is 0.682. The average Bonchev–Trinajstić information content (AvgIpc) is 2.65. The van der Waals surface area contributed by atoms with Gasteiger partial charge in [0.05, 0.1) is 5.69 Å². The summed E-state index contributed by atoms with van der Waals surface area (Å²) in [6.07, 6.45) is 0. The molecule has 0 spiro atoms. The fourth-order valence-corrected chi connectivity index (χ4v) is 3.80. The maximum atomic E-state index is 9.05. The second-order valence-corrected chi connectivity index (χ2v) is 6.48. The summed E-state index contributed by atoms with van der Waals surface area (Å²) >= 11 is 7.15. The molecule has 20 heavy (non-hydrogen) atoms. The Morgan fingerprint density at radius 3 is 2.30 bits per heavy atom. The molecule has 0 aliphatic rings. The van der Waals surface area contributed by atoms with Gasteiger partial charge in [-0.1, -0.05) is 0 Å². The summed E-state index contributed by atoms with van der Waals surface area (Å²) in [6.45, 7) is 4.76. The van der Waals surface area contributed by atoms with Gasteiger partial charge in [0.1, 0.15) is 11.8 Å². The van der Waals surface area contributed by atoms with Gasteiger partial charge in [-0.25, -0.2) is 0 Å². The van der Waals surface area contributed by atoms with Gasteiger partial charge in [0.15, 0.2) is 0 Å². The fraction of sp³-hybridized carbons (Fsp3) is 0.267. The van der Waals surface area contributed by atoms with Crippen LogP contribution in [-0.2, 0) is 13.6 Å². The molecule has 104 valence electrons. The second kappa shape index (κ2) is 6.02. The molecule has 5 heteroatoms. The number of benzene rings is 1. The number of halogens is 2. The largest absolute Gasteiger partial charge is 0.379 e. The van der Waals surface area contributed by atoms with E-state index in [2.05, 4.69) is 62.3 Å². The van der Waals surface area contributed by atoms with Crippen LogP contribution in [0.1, 0.15) is 22.5 Å². The van der Waals surface area contributed by atoms with E-state index in [1.54, 1.807) is 0 Å². The van der Waals surface area contributed by atoms with E-state index in [9.17, 15) is 0 Å². The number of anilines is 1. The van der Waals surface area contributed by atoms with Crippen molar-refractivity contribution < 1.29 is 0 Å². The van der Waals surface area contributed by atoms with Crippen molar-refractivity contribution in [3.63, 3.8) is 0 Å². The van der Waals surface area contributed by atoms with E-state index >= 15 is 0 Å². The number of hydrogen-bond donors (Lipinski definition) is 1. The molecule has 2 aromatic rings. The molecule has 2 rings (SSSR count). The number of nitriles is 1. The van der Waals surface area contributed by atoms with Crippen LogP contribution in [0, 0.1) is 25.2 Å². The normalized spacial score (nSPS) is 10.4. The molecule has 0 fully saturated rings. The zero-order chi connectivity index (χ0) is 14.9. The molecule has 3 nitrogen and oxygen atoms in total. The highest BCUT2D eigenvalue weighted by Gasteiger charge is 2.10. The van der Waals surface area contributed by atoms with Gasteiger partial charge in [-0.15, -0.1) is 0 Å². The van der Waals surface area contributed by atoms with E-state index in [4.69, 9.17) is 5.26 Å². The van der Waals surface area contributed by atoms with Crippen molar-refractivity contribution in [1.29, 1.82) is 5.26 Å². The molecule has 0 atom stereocenters. The maximum Gasteiger partial charge on any atom is 0.120 e. The zero-order valence-corrected chi connectivity index (χ0v) is 14.8. The lowest BCUT2D eigenvalue weighted by atomic mass is 10.2. The van der Waals surface area contributed by atoms with E-state index in [1.807, 2.05) is 24.6 Å². The SMILES string of the molecule is Cc1cc(Br)c(NCc2cc(C#N)n(C)c2C)c(Br)c1. The third-order valence-electron chi connectivity index (χ3n) is 3.40. The third kappa shape index (κ3) is 2.92. The van der Waals surface area contributed by atoms with E-state index in [1.165, 1.54) is 5.56 Å². The summed E-state index contributed by atoms with van der Waals surface area (Å²) < 4.78 is 3.97. The Balaban J connectivity index is 2.24. The first kappa shape index (κ1) is 15.1. The molecule has 1 heterocycles. The molecular formula is C15H15Br2N3. The summed E-state index contributed by atoms with van der Waals surface area (Å²) in [7, 11) is 1.91. The van der Waals surface area contributed by atoms with Crippen LogP contribution in [0.25, 0.3) is 0 Å². The van der Waals surface area contributed by atoms with E-state index < -0.39 is 0 Å². The predicted octanol–water partition coefficient (Wildman–Crippen LogP) is 4.65. The summed E-state index contributed by atoms with van der Waals surface area (Å²) in [5.74, 6) is 0. The van der Waals surface area contributed by atoms with Gasteiger partial charge >= 0.3 is 0 Å². The fourth-order valence-electron chi connectivity index (χ4n) is 2.10. The van der Waals surface area contributed by atoms with Gasteiger partial charge in [0.2, 0.25) is 0 Å². The van der Waals surface area contributed by atoms with E-state index in [0.29, 0.717) is 12.2 Å². The van der Waals surface area contributed by atoms with Crippen molar-refractivity contribution >= 4 is 37.5 Å². The number of aryl methyl sites for hydroxylation is 1. The smallest absolute Gasteiger partial charge is 0.120 e. The topological polar surface area (TPSA) is 40.8 Å². The highest BCUT2D eigenvalue weighted by molar-refractivity contribution is 9.11. The van der Waals surface area contributed by atoms with Crippen molar-refractivity contribution in [2.75, 3.05) is 5.32 Å². The molecule has 0 unspecified atom stereocenters. The Morgan fingerprint density at radius 2 is 1.80 bits per heavy atom. The van der Waals surface area contributed by atoms with Crippen LogP contribution < -0.4 is 5.32 Å². The first-order valence-corrected chi connectivity index (χ1v) is 7.77. The number of nitrogens with zero attached hydrogens (tertiary/aromatic N) is 2. The molecule has 0 aliphatic heterocycles. The van der Waals surface area contributed by atoms with Crippen LogP contribution >= 0.6 is 31.9 Å². The molecule has 0 radical (unpaired) electrons. The Hall–Kier alpha value is -1.25. The second-order valence-electron chi connectivity index (χ2n) is 4.77. The quantitative estimate of drug-likeness (QED) is 0.820. The Morgan fingerprint density at radius 1 is 1.20 bits per heavy atom. The van der Waals surface area contributed by atoms with E-state index in [0.717, 1.165) is 25.9 Å². The molecule has 0 bridgehead atoms. The summed E-state index contributed by atoms with van der Waals surface area (Å²) in [5, 5.41) is 12.5. The molecular weight excluding hydrogens is 382 g/mol. The van der Waals surface area contributed by atoms with Gasteiger partial charge in [-0.05, 0) is 75.0 Å². The average molecular weight is 397 g/mol. The van der Waals surface area contributed by atoms with Crippen molar-refractivity contribution in [3.8, 4) is 6.07 Å².